The molecule has 5 heteroatoms. The predicted molar refractivity (Wildman–Crippen MR) is 89.8 cm³/mol. The molecule has 4 aliphatic carbocycles. The summed E-state index contributed by atoms with van der Waals surface area (Å²) in [6, 6.07) is 0.328. The van der Waals surface area contributed by atoms with E-state index in [1.54, 1.807) is 0 Å². The summed E-state index contributed by atoms with van der Waals surface area (Å²) < 4.78 is 0. The van der Waals surface area contributed by atoms with Gasteiger partial charge >= 0.3 is 0 Å². The second kappa shape index (κ2) is 4.02. The van der Waals surface area contributed by atoms with Crippen molar-refractivity contribution >= 4 is 5.91 Å². The SMILES string of the molecule is CC(C)C1(N)C2C3CCC(C3)C2N2C(=O)C3C4CCC(C4)C3(N)N21. The van der Waals surface area contributed by atoms with Crippen LogP contribution in [-0.4, -0.2) is 33.3 Å². The summed E-state index contributed by atoms with van der Waals surface area (Å²) in [6.07, 6.45) is 7.32. The van der Waals surface area contributed by atoms with Gasteiger partial charge in [0.05, 0.1) is 17.6 Å². The van der Waals surface area contributed by atoms with E-state index >= 15 is 0 Å². The van der Waals surface area contributed by atoms with Crippen molar-refractivity contribution in [1.29, 1.82) is 0 Å². The van der Waals surface area contributed by atoms with Crippen LogP contribution in [0.2, 0.25) is 0 Å². The first-order valence-electron chi connectivity index (χ1n) is 10.1. The molecule has 132 valence electrons. The third-order valence-corrected chi connectivity index (χ3v) is 9.15. The maximum atomic E-state index is 13.5. The van der Waals surface area contributed by atoms with E-state index in [-0.39, 0.29) is 5.92 Å². The van der Waals surface area contributed by atoms with Crippen LogP contribution in [0, 0.1) is 41.4 Å². The van der Waals surface area contributed by atoms with Crippen molar-refractivity contribution < 1.29 is 4.79 Å². The second-order valence-corrected chi connectivity index (χ2v) is 10.0. The van der Waals surface area contributed by atoms with Gasteiger partial charge in [0, 0.05) is 5.92 Å². The van der Waals surface area contributed by atoms with Crippen molar-refractivity contribution in [2.24, 2.45) is 52.9 Å². The third-order valence-electron chi connectivity index (χ3n) is 9.15. The largest absolute Gasteiger partial charge is 0.311 e. The van der Waals surface area contributed by atoms with Gasteiger partial charge in [-0.3, -0.25) is 9.80 Å². The second-order valence-electron chi connectivity index (χ2n) is 10.0. The van der Waals surface area contributed by atoms with Gasteiger partial charge in [-0.05, 0) is 68.1 Å². The van der Waals surface area contributed by atoms with Gasteiger partial charge < -0.3 is 11.5 Å². The van der Waals surface area contributed by atoms with E-state index in [0.717, 1.165) is 6.42 Å². The predicted octanol–water partition coefficient (Wildman–Crippen LogP) is 1.49. The average molecular weight is 330 g/mol. The zero-order valence-corrected chi connectivity index (χ0v) is 14.8. The van der Waals surface area contributed by atoms with Crippen LogP contribution in [0.5, 0.6) is 0 Å². The van der Waals surface area contributed by atoms with Gasteiger partial charge in [0.15, 0.2) is 0 Å². The molecule has 5 nitrogen and oxygen atoms in total. The van der Waals surface area contributed by atoms with Crippen LogP contribution in [0.4, 0.5) is 0 Å². The number of rotatable bonds is 1. The van der Waals surface area contributed by atoms with Crippen LogP contribution < -0.4 is 11.5 Å². The van der Waals surface area contributed by atoms with E-state index in [2.05, 4.69) is 23.9 Å². The van der Waals surface area contributed by atoms with Crippen molar-refractivity contribution in [2.75, 3.05) is 0 Å². The fourth-order valence-corrected chi connectivity index (χ4v) is 8.34. The molecule has 2 saturated heterocycles. The zero-order chi connectivity index (χ0) is 16.6. The number of carbonyl (C=O) groups is 1. The number of carbonyl (C=O) groups excluding carboxylic acids is 1. The third kappa shape index (κ3) is 1.21. The molecule has 0 radical (unpaired) electrons. The molecular weight excluding hydrogens is 300 g/mol. The van der Waals surface area contributed by atoms with Crippen LogP contribution in [0.15, 0.2) is 0 Å². The number of nitrogens with zero attached hydrogens (tertiary/aromatic N) is 2. The molecule has 9 unspecified atom stereocenters. The number of hydrazine groups is 1. The van der Waals surface area contributed by atoms with Gasteiger partial charge in [0.25, 0.3) is 0 Å². The highest BCUT2D eigenvalue weighted by atomic mass is 16.2. The van der Waals surface area contributed by atoms with E-state index in [4.69, 9.17) is 11.5 Å². The first-order valence-corrected chi connectivity index (χ1v) is 10.1. The molecule has 2 aliphatic heterocycles. The molecule has 4 bridgehead atoms. The maximum Gasteiger partial charge on any atom is 0.243 e. The van der Waals surface area contributed by atoms with Gasteiger partial charge in [-0.25, -0.2) is 0 Å². The molecule has 0 aromatic rings. The molecule has 24 heavy (non-hydrogen) atoms. The normalized spacial score (nSPS) is 60.5. The lowest BCUT2D eigenvalue weighted by atomic mass is 9.70. The molecular formula is C19H30N4O. The zero-order valence-electron chi connectivity index (χ0n) is 14.8. The quantitative estimate of drug-likeness (QED) is 0.764. The highest BCUT2D eigenvalue weighted by molar-refractivity contribution is 5.84. The molecule has 1 amide bonds. The first kappa shape index (κ1) is 14.5. The van der Waals surface area contributed by atoms with Gasteiger partial charge in [0.1, 0.15) is 5.66 Å². The van der Waals surface area contributed by atoms with Crippen molar-refractivity contribution in [3.63, 3.8) is 0 Å². The van der Waals surface area contributed by atoms with Gasteiger partial charge in [-0.15, -0.1) is 0 Å². The topological polar surface area (TPSA) is 75.6 Å². The van der Waals surface area contributed by atoms with Gasteiger partial charge in [0.2, 0.25) is 5.91 Å². The highest BCUT2D eigenvalue weighted by Gasteiger charge is 2.79. The molecule has 6 fully saturated rings. The molecule has 0 aromatic carbocycles. The van der Waals surface area contributed by atoms with E-state index in [9.17, 15) is 4.79 Å². The lowest BCUT2D eigenvalue weighted by molar-refractivity contribution is -0.158. The minimum atomic E-state index is -0.511. The summed E-state index contributed by atoms with van der Waals surface area (Å²) in [4.78, 5) is 13.5. The Kier molecular flexibility index (Phi) is 2.43. The molecule has 0 spiro atoms. The fraction of sp³-hybridized carbons (Fsp3) is 0.947. The van der Waals surface area contributed by atoms with Crippen LogP contribution >= 0.6 is 0 Å². The summed E-state index contributed by atoms with van der Waals surface area (Å²) in [5.74, 6) is 3.31. The number of fused-ring (bicyclic) bond motifs is 13. The van der Waals surface area contributed by atoms with E-state index in [0.29, 0.717) is 47.5 Å². The van der Waals surface area contributed by atoms with Crippen molar-refractivity contribution in [3.05, 3.63) is 0 Å². The van der Waals surface area contributed by atoms with Crippen LogP contribution in [0.25, 0.3) is 0 Å². The molecule has 2 heterocycles. The highest BCUT2D eigenvalue weighted by Crippen LogP contribution is 2.68. The van der Waals surface area contributed by atoms with E-state index in [1.165, 1.54) is 32.1 Å². The average Bonchev–Trinajstić information content (AvgIpc) is 3.31. The maximum absolute atomic E-state index is 13.5. The van der Waals surface area contributed by atoms with Gasteiger partial charge in [-0.1, -0.05) is 13.8 Å². The number of hydrogen-bond acceptors (Lipinski definition) is 4. The lowest BCUT2D eigenvalue weighted by Gasteiger charge is -2.51. The molecule has 4 N–H and O–H groups in total. The number of nitrogens with two attached hydrogens (primary N) is 2. The van der Waals surface area contributed by atoms with Crippen molar-refractivity contribution in [1.82, 2.24) is 10.0 Å². The van der Waals surface area contributed by atoms with Crippen LogP contribution in [0.1, 0.15) is 52.4 Å². The summed E-state index contributed by atoms with van der Waals surface area (Å²) in [7, 11) is 0. The Labute approximate surface area is 144 Å². The van der Waals surface area contributed by atoms with Gasteiger partial charge in [-0.2, -0.15) is 5.01 Å². The Morgan fingerprint density at radius 2 is 1.75 bits per heavy atom. The molecule has 6 aliphatic rings. The van der Waals surface area contributed by atoms with E-state index < -0.39 is 11.3 Å². The monoisotopic (exact) mass is 330 g/mol. The Morgan fingerprint density at radius 1 is 1.04 bits per heavy atom. The lowest BCUT2D eigenvalue weighted by Crippen LogP contribution is -2.72. The number of amides is 1. The Hall–Kier alpha value is -0.650. The molecule has 4 saturated carbocycles. The molecule has 6 rings (SSSR count). The minimum absolute atomic E-state index is 0.00185. The minimum Gasteiger partial charge on any atom is -0.311 e. The Morgan fingerprint density at radius 3 is 2.50 bits per heavy atom. The molecule has 0 aromatic heterocycles. The fourth-order valence-electron chi connectivity index (χ4n) is 8.34. The van der Waals surface area contributed by atoms with Crippen molar-refractivity contribution in [2.45, 2.75) is 69.7 Å². The van der Waals surface area contributed by atoms with Crippen LogP contribution in [-0.2, 0) is 4.79 Å². The van der Waals surface area contributed by atoms with Crippen LogP contribution in [0.3, 0.4) is 0 Å². The van der Waals surface area contributed by atoms with E-state index in [1.807, 2.05) is 0 Å². The first-order chi connectivity index (χ1) is 11.4. The summed E-state index contributed by atoms with van der Waals surface area (Å²) >= 11 is 0. The van der Waals surface area contributed by atoms with Crippen molar-refractivity contribution in [3.8, 4) is 0 Å². The Balaban J connectivity index is 1.56. The summed E-state index contributed by atoms with van der Waals surface area (Å²) in [6.45, 7) is 4.47. The summed E-state index contributed by atoms with van der Waals surface area (Å²) in [5, 5.41) is 4.44. The molecule has 9 atom stereocenters. The standard InChI is InChI=1S/C19H30N4O/c1-9(2)18(20)14-10-3-4-12(7-10)16(14)22-17(24)15-11-5-6-13(8-11)19(15,21)23(18)22/h9-16H,3-8,20-21H2,1-2H3. The summed E-state index contributed by atoms with van der Waals surface area (Å²) in [5.41, 5.74) is 13.4. The number of hydrogen-bond donors (Lipinski definition) is 2. The Bertz CT molecular complexity index is 637. The smallest absolute Gasteiger partial charge is 0.243 e.